The Kier molecular flexibility index (Phi) is 6.44. The molecule has 0 fully saturated rings. The third kappa shape index (κ3) is 3.90. The number of carbonyl (C=O) groups is 1. The fraction of sp³-hybridized carbons (Fsp3) is 0.615. The molecule has 1 amide bonds. The second-order valence-electron chi connectivity index (χ2n) is 5.88. The molecule has 0 aliphatic carbocycles. The van der Waals surface area contributed by atoms with Gasteiger partial charge in [0.25, 0.3) is 0 Å². The predicted molar refractivity (Wildman–Crippen MR) is 74.5 cm³/mol. The molecular formula is C13H9F13N4O. The largest absolute Gasteiger partial charge is 0.460 e. The Morgan fingerprint density at radius 3 is 1.74 bits per heavy atom. The van der Waals surface area contributed by atoms with Crippen molar-refractivity contribution in [2.75, 3.05) is 0 Å². The minimum Gasteiger partial charge on any atom is -0.272 e. The molecule has 1 aromatic heterocycles. The minimum absolute atomic E-state index is 0.0282. The molecule has 1 heterocycles. The number of amides is 1. The maximum atomic E-state index is 13.5. The van der Waals surface area contributed by atoms with Crippen molar-refractivity contribution in [2.45, 2.75) is 42.7 Å². The van der Waals surface area contributed by atoms with E-state index in [1.54, 1.807) is 0 Å². The zero-order valence-corrected chi connectivity index (χ0v) is 14.8. The van der Waals surface area contributed by atoms with Gasteiger partial charge in [0, 0.05) is 18.3 Å². The first-order valence-corrected chi connectivity index (χ1v) is 7.35. The van der Waals surface area contributed by atoms with Crippen LogP contribution in [0.3, 0.4) is 0 Å². The predicted octanol–water partition coefficient (Wildman–Crippen LogP) is 3.92. The van der Waals surface area contributed by atoms with Crippen molar-refractivity contribution in [1.29, 1.82) is 0 Å². The fourth-order valence-corrected chi connectivity index (χ4v) is 1.79. The number of rotatable bonds is 7. The number of aryl methyl sites for hydroxylation is 1. The van der Waals surface area contributed by atoms with E-state index in [1.165, 1.54) is 18.7 Å². The molecule has 18 heteroatoms. The summed E-state index contributed by atoms with van der Waals surface area (Å²) in [5, 5.41) is 6.28. The number of carbonyl (C=O) groups excluding carboxylic acids is 1. The van der Waals surface area contributed by atoms with Gasteiger partial charge in [0.2, 0.25) is 0 Å². The van der Waals surface area contributed by atoms with Crippen LogP contribution in [0.1, 0.15) is 11.3 Å². The van der Waals surface area contributed by atoms with Gasteiger partial charge in [-0.2, -0.15) is 67.3 Å². The number of hydrazone groups is 1. The normalized spacial score (nSPS) is 14.9. The average Bonchev–Trinajstić information content (AvgIpc) is 2.92. The first-order valence-electron chi connectivity index (χ1n) is 7.35. The van der Waals surface area contributed by atoms with Gasteiger partial charge >= 0.3 is 41.7 Å². The average molecular weight is 484 g/mol. The van der Waals surface area contributed by atoms with Crippen LogP contribution in [0.25, 0.3) is 0 Å². The maximum absolute atomic E-state index is 13.5. The third-order valence-electron chi connectivity index (χ3n) is 3.86. The highest BCUT2D eigenvalue weighted by Gasteiger charge is 2.91. The number of aromatic nitrogens is 2. The van der Waals surface area contributed by atoms with Crippen molar-refractivity contribution >= 4 is 12.1 Å². The van der Waals surface area contributed by atoms with E-state index >= 15 is 0 Å². The molecule has 178 valence electrons. The monoisotopic (exact) mass is 484 g/mol. The van der Waals surface area contributed by atoms with Crippen LogP contribution in [0, 0.1) is 6.92 Å². The Hall–Kier alpha value is -2.56. The lowest BCUT2D eigenvalue weighted by Crippen LogP contribution is -2.71. The third-order valence-corrected chi connectivity index (χ3v) is 3.86. The molecule has 31 heavy (non-hydrogen) atoms. The van der Waals surface area contributed by atoms with Gasteiger partial charge in [0.1, 0.15) is 0 Å². The van der Waals surface area contributed by atoms with Gasteiger partial charge in [0.05, 0.1) is 12.4 Å². The number of hydrogen-bond donors (Lipinski definition) is 1. The SMILES string of the molecule is Cc1c(C=NNC(=O)C(F)(F)C(F)(F)C(F)(F)C(F)(F)C(F)(F)C(F)(F)F)cnn1C. The summed E-state index contributed by atoms with van der Waals surface area (Å²) in [6.45, 7) is 1.36. The summed E-state index contributed by atoms with van der Waals surface area (Å²) in [5.74, 6) is -42.1. The summed E-state index contributed by atoms with van der Waals surface area (Å²) in [6, 6.07) is 0. The second-order valence-corrected chi connectivity index (χ2v) is 5.88. The molecule has 0 aromatic carbocycles. The van der Waals surface area contributed by atoms with Crippen LogP contribution in [0.2, 0.25) is 0 Å². The highest BCUT2D eigenvalue weighted by molar-refractivity contribution is 5.87. The summed E-state index contributed by atoms with van der Waals surface area (Å²) < 4.78 is 169. The molecule has 1 N–H and O–H groups in total. The molecule has 0 aliphatic rings. The first-order chi connectivity index (χ1) is 13.6. The van der Waals surface area contributed by atoms with Crippen molar-refractivity contribution < 1.29 is 61.9 Å². The van der Waals surface area contributed by atoms with E-state index in [0.717, 1.165) is 6.20 Å². The molecule has 0 unspecified atom stereocenters. The number of nitrogens with one attached hydrogen (secondary N) is 1. The molecule has 0 aliphatic heterocycles. The Morgan fingerprint density at radius 2 is 1.35 bits per heavy atom. The maximum Gasteiger partial charge on any atom is 0.460 e. The Labute approximate surface area is 162 Å². The number of halogens is 13. The minimum atomic E-state index is -8.08. The molecule has 0 bridgehead atoms. The quantitative estimate of drug-likeness (QED) is 0.363. The van der Waals surface area contributed by atoms with E-state index in [9.17, 15) is 61.9 Å². The fourth-order valence-electron chi connectivity index (χ4n) is 1.79. The number of hydrogen-bond acceptors (Lipinski definition) is 3. The van der Waals surface area contributed by atoms with Crippen molar-refractivity contribution in [3.63, 3.8) is 0 Å². The smallest absolute Gasteiger partial charge is 0.272 e. The summed E-state index contributed by atoms with van der Waals surface area (Å²) in [4.78, 5) is 11.1. The Balaban J connectivity index is 3.26. The van der Waals surface area contributed by atoms with Gasteiger partial charge in [-0.15, -0.1) is 0 Å². The van der Waals surface area contributed by atoms with Gasteiger partial charge < -0.3 is 0 Å². The van der Waals surface area contributed by atoms with Crippen LogP contribution >= 0.6 is 0 Å². The lowest BCUT2D eigenvalue weighted by molar-refractivity contribution is -0.436. The molecule has 0 saturated heterocycles. The van der Waals surface area contributed by atoms with Gasteiger partial charge in [-0.05, 0) is 6.92 Å². The van der Waals surface area contributed by atoms with E-state index in [1.807, 2.05) is 0 Å². The van der Waals surface area contributed by atoms with Crippen molar-refractivity contribution in [3.05, 3.63) is 17.5 Å². The Bertz CT molecular complexity index is 856. The van der Waals surface area contributed by atoms with Crippen LogP contribution in [0.4, 0.5) is 57.1 Å². The van der Waals surface area contributed by atoms with Crippen molar-refractivity contribution in [3.8, 4) is 0 Å². The summed E-state index contributed by atoms with van der Waals surface area (Å²) in [7, 11) is 1.37. The van der Waals surface area contributed by atoms with Crippen LogP contribution in [0.5, 0.6) is 0 Å². The summed E-state index contributed by atoms with van der Waals surface area (Å²) >= 11 is 0. The lowest BCUT2D eigenvalue weighted by Gasteiger charge is -2.38. The van der Waals surface area contributed by atoms with Crippen LogP contribution in [0.15, 0.2) is 11.3 Å². The number of alkyl halides is 13. The highest BCUT2D eigenvalue weighted by atomic mass is 19.4. The molecular weight excluding hydrogens is 475 g/mol. The standard InChI is InChI=1S/C13H9F13N4O/c1-5-6(4-28-30(5)2)3-27-29-7(31)8(14,15)9(16,17)10(18,19)11(20,21)12(22,23)13(24,25)26/h3-4H,1-2H3,(H,29,31). The van der Waals surface area contributed by atoms with Gasteiger partial charge in [-0.1, -0.05) is 0 Å². The zero-order chi connectivity index (χ0) is 24.8. The van der Waals surface area contributed by atoms with E-state index < -0.39 is 41.7 Å². The molecule has 1 aromatic rings. The second kappa shape index (κ2) is 7.54. The van der Waals surface area contributed by atoms with Crippen LogP contribution < -0.4 is 5.43 Å². The summed E-state index contributed by atoms with van der Waals surface area (Å²) in [5.41, 5.74) is 0.814. The van der Waals surface area contributed by atoms with E-state index in [4.69, 9.17) is 0 Å². The van der Waals surface area contributed by atoms with E-state index in [2.05, 4.69) is 10.2 Å². The van der Waals surface area contributed by atoms with Crippen LogP contribution in [-0.4, -0.2) is 57.7 Å². The molecule has 5 nitrogen and oxygen atoms in total. The molecule has 0 spiro atoms. The number of nitrogens with zero attached hydrogens (tertiary/aromatic N) is 3. The van der Waals surface area contributed by atoms with Gasteiger partial charge in [-0.25, -0.2) is 5.43 Å². The van der Waals surface area contributed by atoms with Crippen LogP contribution in [-0.2, 0) is 11.8 Å². The zero-order valence-electron chi connectivity index (χ0n) is 14.8. The molecule has 0 atom stereocenters. The van der Waals surface area contributed by atoms with E-state index in [-0.39, 0.29) is 11.3 Å². The lowest BCUT2D eigenvalue weighted by atomic mass is 9.93. The molecule has 1 rings (SSSR count). The topological polar surface area (TPSA) is 59.3 Å². The first kappa shape index (κ1) is 26.5. The highest BCUT2D eigenvalue weighted by Crippen LogP contribution is 2.60. The van der Waals surface area contributed by atoms with Crippen molar-refractivity contribution in [1.82, 2.24) is 15.2 Å². The Morgan fingerprint density at radius 1 is 0.903 bits per heavy atom. The van der Waals surface area contributed by atoms with Gasteiger partial charge in [-0.3, -0.25) is 9.48 Å². The molecule has 0 radical (unpaired) electrons. The van der Waals surface area contributed by atoms with Gasteiger partial charge in [0.15, 0.2) is 0 Å². The molecule has 0 saturated carbocycles. The van der Waals surface area contributed by atoms with Crippen molar-refractivity contribution in [2.24, 2.45) is 12.1 Å². The summed E-state index contributed by atoms with van der Waals surface area (Å²) in [6.07, 6.45) is -6.04. The van der Waals surface area contributed by atoms with E-state index in [0.29, 0.717) is 11.6 Å².